The van der Waals surface area contributed by atoms with E-state index >= 15 is 0 Å². The monoisotopic (exact) mass is 279 g/mol. The van der Waals surface area contributed by atoms with Crippen molar-refractivity contribution in [3.8, 4) is 0 Å². The molecule has 0 atom stereocenters. The van der Waals surface area contributed by atoms with Gasteiger partial charge in [-0.3, -0.25) is 0 Å². The minimum atomic E-state index is 0.714. The third kappa shape index (κ3) is 6.03. The van der Waals surface area contributed by atoms with E-state index in [1.807, 2.05) is 7.05 Å². The Balaban J connectivity index is 2.28. The third-order valence-electron chi connectivity index (χ3n) is 3.11. The van der Waals surface area contributed by atoms with Crippen molar-refractivity contribution in [3.05, 3.63) is 29.3 Å². The number of thiocarbonyl (C=S) groups is 1. The number of hydrogen-bond acceptors (Lipinski definition) is 2. The summed E-state index contributed by atoms with van der Waals surface area (Å²) in [6.45, 7) is 6.21. The fourth-order valence-electron chi connectivity index (χ4n) is 1.97. The summed E-state index contributed by atoms with van der Waals surface area (Å²) in [5, 5.41) is 10.4. The molecule has 0 aromatic heterocycles. The van der Waals surface area contributed by atoms with Gasteiger partial charge in [0, 0.05) is 12.2 Å². The number of anilines is 1. The van der Waals surface area contributed by atoms with Gasteiger partial charge in [-0.1, -0.05) is 24.6 Å². The van der Waals surface area contributed by atoms with Gasteiger partial charge in [-0.25, -0.2) is 0 Å². The molecule has 0 aliphatic heterocycles. The lowest BCUT2D eigenvalue weighted by Crippen LogP contribution is -2.29. The number of aryl methyl sites for hydroxylation is 2. The van der Waals surface area contributed by atoms with E-state index in [2.05, 4.69) is 48.0 Å². The molecule has 3 N–H and O–H groups in total. The molecule has 0 heterocycles. The molecule has 0 radical (unpaired) electrons. The standard InChI is InChI=1S/C15H25N3S/c1-12-8-7-9-13(2)14(12)18-15(19)17-11-6-4-5-10-16-3/h7-9,16H,4-6,10-11H2,1-3H3,(H2,17,18,19). The lowest BCUT2D eigenvalue weighted by molar-refractivity contribution is 0.635. The molecule has 106 valence electrons. The molecular formula is C15H25N3S. The van der Waals surface area contributed by atoms with Crippen molar-refractivity contribution in [1.82, 2.24) is 10.6 Å². The highest BCUT2D eigenvalue weighted by Gasteiger charge is 2.03. The van der Waals surface area contributed by atoms with Crippen LogP contribution in [0.4, 0.5) is 5.69 Å². The van der Waals surface area contributed by atoms with Crippen molar-refractivity contribution in [1.29, 1.82) is 0 Å². The smallest absolute Gasteiger partial charge is 0.170 e. The molecule has 0 aliphatic carbocycles. The van der Waals surface area contributed by atoms with Crippen LogP contribution >= 0.6 is 12.2 Å². The Morgan fingerprint density at radius 2 is 1.68 bits per heavy atom. The first kappa shape index (κ1) is 15.9. The van der Waals surface area contributed by atoms with Crippen LogP contribution in [0.2, 0.25) is 0 Å². The van der Waals surface area contributed by atoms with E-state index in [1.54, 1.807) is 0 Å². The SMILES string of the molecule is CNCCCCCNC(=S)Nc1c(C)cccc1C. The van der Waals surface area contributed by atoms with E-state index in [-0.39, 0.29) is 0 Å². The lowest BCUT2D eigenvalue weighted by atomic mass is 10.1. The van der Waals surface area contributed by atoms with Gasteiger partial charge >= 0.3 is 0 Å². The molecule has 0 saturated carbocycles. The topological polar surface area (TPSA) is 36.1 Å². The van der Waals surface area contributed by atoms with Gasteiger partial charge in [0.25, 0.3) is 0 Å². The fourth-order valence-corrected chi connectivity index (χ4v) is 2.18. The number of para-hydroxylation sites is 1. The zero-order valence-corrected chi connectivity index (χ0v) is 13.0. The lowest BCUT2D eigenvalue weighted by Gasteiger charge is -2.14. The molecule has 3 nitrogen and oxygen atoms in total. The first-order valence-electron chi connectivity index (χ1n) is 6.91. The van der Waals surface area contributed by atoms with Crippen LogP contribution in [0.25, 0.3) is 0 Å². The zero-order chi connectivity index (χ0) is 14.1. The molecule has 0 saturated heterocycles. The van der Waals surface area contributed by atoms with Crippen molar-refractivity contribution < 1.29 is 0 Å². The summed E-state index contributed by atoms with van der Waals surface area (Å²) >= 11 is 5.32. The molecule has 19 heavy (non-hydrogen) atoms. The minimum absolute atomic E-state index is 0.714. The summed E-state index contributed by atoms with van der Waals surface area (Å²) in [5.41, 5.74) is 3.56. The number of benzene rings is 1. The van der Waals surface area contributed by atoms with Gasteiger partial charge in [-0.05, 0) is 63.6 Å². The molecule has 0 unspecified atom stereocenters. The van der Waals surface area contributed by atoms with Crippen LogP contribution in [0.5, 0.6) is 0 Å². The van der Waals surface area contributed by atoms with E-state index in [1.165, 1.54) is 24.0 Å². The second-order valence-corrected chi connectivity index (χ2v) is 5.22. The summed E-state index contributed by atoms with van der Waals surface area (Å²) in [7, 11) is 1.99. The Hall–Kier alpha value is -1.13. The maximum absolute atomic E-state index is 5.32. The van der Waals surface area contributed by atoms with Crippen LogP contribution in [0.1, 0.15) is 30.4 Å². The summed E-state index contributed by atoms with van der Waals surface area (Å²) in [6, 6.07) is 6.25. The van der Waals surface area contributed by atoms with Crippen molar-refractivity contribution >= 4 is 23.0 Å². The molecule has 1 aromatic rings. The highest BCUT2D eigenvalue weighted by molar-refractivity contribution is 7.80. The predicted octanol–water partition coefficient (Wildman–Crippen LogP) is 2.98. The Bertz CT molecular complexity index is 384. The van der Waals surface area contributed by atoms with Crippen LogP contribution in [0, 0.1) is 13.8 Å². The average Bonchev–Trinajstić information content (AvgIpc) is 2.38. The van der Waals surface area contributed by atoms with Crippen molar-refractivity contribution in [2.45, 2.75) is 33.1 Å². The van der Waals surface area contributed by atoms with Crippen molar-refractivity contribution in [2.75, 3.05) is 25.5 Å². The van der Waals surface area contributed by atoms with E-state index in [9.17, 15) is 0 Å². The van der Waals surface area contributed by atoms with Gasteiger partial charge in [-0.15, -0.1) is 0 Å². The molecule has 1 rings (SSSR count). The summed E-state index contributed by atoms with van der Waals surface area (Å²) < 4.78 is 0. The second kappa shape index (κ2) is 8.88. The zero-order valence-electron chi connectivity index (χ0n) is 12.2. The molecule has 0 bridgehead atoms. The van der Waals surface area contributed by atoms with Crippen molar-refractivity contribution in [2.24, 2.45) is 0 Å². The van der Waals surface area contributed by atoms with Gasteiger partial charge in [0.05, 0.1) is 0 Å². The predicted molar refractivity (Wildman–Crippen MR) is 87.9 cm³/mol. The molecule has 0 aliphatic rings. The van der Waals surface area contributed by atoms with Gasteiger partial charge in [-0.2, -0.15) is 0 Å². The maximum Gasteiger partial charge on any atom is 0.170 e. The van der Waals surface area contributed by atoms with Crippen LogP contribution < -0.4 is 16.0 Å². The quantitative estimate of drug-likeness (QED) is 0.530. The van der Waals surface area contributed by atoms with Crippen LogP contribution in [-0.2, 0) is 0 Å². The normalized spacial score (nSPS) is 10.3. The van der Waals surface area contributed by atoms with Crippen LogP contribution in [0.3, 0.4) is 0 Å². The summed E-state index contributed by atoms with van der Waals surface area (Å²) in [6.07, 6.45) is 3.59. The van der Waals surface area contributed by atoms with Gasteiger partial charge in [0.1, 0.15) is 0 Å². The largest absolute Gasteiger partial charge is 0.362 e. The second-order valence-electron chi connectivity index (χ2n) is 4.81. The number of hydrogen-bond donors (Lipinski definition) is 3. The van der Waals surface area contributed by atoms with Crippen LogP contribution in [-0.4, -0.2) is 25.2 Å². The molecule has 4 heteroatoms. The van der Waals surface area contributed by atoms with Gasteiger partial charge in [0.2, 0.25) is 0 Å². The van der Waals surface area contributed by atoms with E-state index in [4.69, 9.17) is 12.2 Å². The van der Waals surface area contributed by atoms with Gasteiger partial charge < -0.3 is 16.0 Å². The highest BCUT2D eigenvalue weighted by atomic mass is 32.1. The fraction of sp³-hybridized carbons (Fsp3) is 0.533. The minimum Gasteiger partial charge on any atom is -0.362 e. The molecule has 1 aromatic carbocycles. The maximum atomic E-state index is 5.32. The Labute approximate surface area is 122 Å². The third-order valence-corrected chi connectivity index (χ3v) is 3.36. The molecule has 0 fully saturated rings. The van der Waals surface area contributed by atoms with Crippen molar-refractivity contribution in [3.63, 3.8) is 0 Å². The van der Waals surface area contributed by atoms with E-state index < -0.39 is 0 Å². The molecule has 0 amide bonds. The summed E-state index contributed by atoms with van der Waals surface area (Å²) in [4.78, 5) is 0. The number of unbranched alkanes of at least 4 members (excludes halogenated alkanes) is 2. The highest BCUT2D eigenvalue weighted by Crippen LogP contribution is 2.19. The van der Waals surface area contributed by atoms with E-state index in [0.717, 1.165) is 25.2 Å². The summed E-state index contributed by atoms with van der Waals surface area (Å²) in [5.74, 6) is 0. The van der Waals surface area contributed by atoms with Crippen LogP contribution in [0.15, 0.2) is 18.2 Å². The Kier molecular flexibility index (Phi) is 7.45. The first-order chi connectivity index (χ1) is 9.15. The Morgan fingerprint density at radius 1 is 1.05 bits per heavy atom. The van der Waals surface area contributed by atoms with E-state index in [0.29, 0.717) is 5.11 Å². The average molecular weight is 279 g/mol. The molecular weight excluding hydrogens is 254 g/mol. The Morgan fingerprint density at radius 3 is 2.32 bits per heavy atom. The number of rotatable bonds is 7. The molecule has 0 spiro atoms. The number of nitrogens with one attached hydrogen (secondary N) is 3. The first-order valence-corrected chi connectivity index (χ1v) is 7.31. The van der Waals surface area contributed by atoms with Gasteiger partial charge in [0.15, 0.2) is 5.11 Å².